The summed E-state index contributed by atoms with van der Waals surface area (Å²) in [6.45, 7) is 2.30. The van der Waals surface area contributed by atoms with Crippen molar-refractivity contribution in [1.82, 2.24) is 10.2 Å². The molecule has 1 atom stereocenters. The minimum Gasteiger partial charge on any atom is -0.496 e. The fourth-order valence-electron chi connectivity index (χ4n) is 3.31. The second-order valence-corrected chi connectivity index (χ2v) is 6.79. The quantitative estimate of drug-likeness (QED) is 0.755. The van der Waals surface area contributed by atoms with Gasteiger partial charge in [0.05, 0.1) is 12.7 Å². The molecule has 2 aromatic carbocycles. The van der Waals surface area contributed by atoms with Crippen LogP contribution in [0.2, 0.25) is 0 Å². The van der Waals surface area contributed by atoms with Crippen LogP contribution in [0, 0.1) is 0 Å². The Morgan fingerprint density at radius 2 is 1.76 bits per heavy atom. The maximum atomic E-state index is 12.6. The molecular weight excluding hydrogens is 372 g/mol. The van der Waals surface area contributed by atoms with Gasteiger partial charge in [-0.25, -0.2) is 0 Å². The van der Waals surface area contributed by atoms with Crippen LogP contribution in [0.15, 0.2) is 48.5 Å². The van der Waals surface area contributed by atoms with Crippen LogP contribution in [0.25, 0.3) is 0 Å². The molecule has 1 heterocycles. The van der Waals surface area contributed by atoms with Crippen LogP contribution in [0.4, 0.5) is 0 Å². The predicted octanol–water partition coefficient (Wildman–Crippen LogP) is 1.94. The smallest absolute Gasteiger partial charge is 0.326 e. The van der Waals surface area contributed by atoms with Crippen LogP contribution in [-0.4, -0.2) is 49.0 Å². The SMILES string of the molecule is COc1ccccc1C(=O)NCC(=O)O[C@H](C)C(=O)N1CCc2ccccc2C1. The molecule has 1 aliphatic heterocycles. The van der Waals surface area contributed by atoms with Gasteiger partial charge in [-0.3, -0.25) is 14.4 Å². The van der Waals surface area contributed by atoms with Crippen LogP contribution >= 0.6 is 0 Å². The normalized spacial score (nSPS) is 13.8. The predicted molar refractivity (Wildman–Crippen MR) is 106 cm³/mol. The van der Waals surface area contributed by atoms with Gasteiger partial charge in [-0.2, -0.15) is 0 Å². The van der Waals surface area contributed by atoms with Crippen molar-refractivity contribution < 1.29 is 23.9 Å². The number of methoxy groups -OCH3 is 1. The highest BCUT2D eigenvalue weighted by Crippen LogP contribution is 2.19. The summed E-state index contributed by atoms with van der Waals surface area (Å²) in [6, 6.07) is 14.7. The van der Waals surface area contributed by atoms with Crippen LogP contribution in [0.5, 0.6) is 5.75 Å². The van der Waals surface area contributed by atoms with Crippen molar-refractivity contribution in [3.05, 3.63) is 65.2 Å². The standard InChI is InChI=1S/C22H24N2O5/c1-15(22(27)24-12-11-16-7-3-4-8-17(16)14-24)29-20(25)13-23-21(26)18-9-5-6-10-19(18)28-2/h3-10,15H,11-14H2,1-2H3,(H,23,26)/t15-/m1/s1. The number of ether oxygens (including phenoxy) is 2. The van der Waals surface area contributed by atoms with Gasteiger partial charge < -0.3 is 19.7 Å². The molecule has 0 saturated heterocycles. The lowest BCUT2D eigenvalue weighted by Crippen LogP contribution is -2.43. The monoisotopic (exact) mass is 396 g/mol. The van der Waals surface area contributed by atoms with Crippen molar-refractivity contribution in [2.24, 2.45) is 0 Å². The molecule has 0 fully saturated rings. The molecule has 2 amide bonds. The van der Waals surface area contributed by atoms with Gasteiger partial charge in [0.15, 0.2) is 6.10 Å². The van der Waals surface area contributed by atoms with E-state index in [1.54, 1.807) is 36.1 Å². The summed E-state index contributed by atoms with van der Waals surface area (Å²) in [6.07, 6.45) is -0.145. The highest BCUT2D eigenvalue weighted by molar-refractivity contribution is 5.98. The first-order valence-electron chi connectivity index (χ1n) is 9.46. The first-order valence-corrected chi connectivity index (χ1v) is 9.46. The number of hydrogen-bond donors (Lipinski definition) is 1. The van der Waals surface area contributed by atoms with Gasteiger partial charge in [0.25, 0.3) is 11.8 Å². The molecule has 1 N–H and O–H groups in total. The van der Waals surface area contributed by atoms with E-state index in [2.05, 4.69) is 11.4 Å². The van der Waals surface area contributed by atoms with Crippen LogP contribution in [0.3, 0.4) is 0 Å². The molecule has 3 rings (SSSR count). The zero-order chi connectivity index (χ0) is 20.8. The number of nitrogens with zero attached hydrogens (tertiary/aromatic N) is 1. The molecular formula is C22H24N2O5. The Bertz CT molecular complexity index is 912. The van der Waals surface area contributed by atoms with Gasteiger partial charge in [0.1, 0.15) is 12.3 Å². The topological polar surface area (TPSA) is 84.9 Å². The second-order valence-electron chi connectivity index (χ2n) is 6.79. The fraction of sp³-hybridized carbons (Fsp3) is 0.318. The number of amides is 2. The van der Waals surface area contributed by atoms with Crippen molar-refractivity contribution in [2.75, 3.05) is 20.2 Å². The Balaban J connectivity index is 1.50. The van der Waals surface area contributed by atoms with Gasteiger partial charge in [-0.05, 0) is 36.6 Å². The summed E-state index contributed by atoms with van der Waals surface area (Å²) in [5.41, 5.74) is 2.66. The number of carbonyl (C=O) groups excluding carboxylic acids is 3. The van der Waals surface area contributed by atoms with E-state index >= 15 is 0 Å². The number of para-hydroxylation sites is 1. The third-order valence-electron chi connectivity index (χ3n) is 4.84. The number of fused-ring (bicyclic) bond motifs is 1. The first-order chi connectivity index (χ1) is 14.0. The largest absolute Gasteiger partial charge is 0.496 e. The summed E-state index contributed by atoms with van der Waals surface area (Å²) in [7, 11) is 1.46. The van der Waals surface area contributed by atoms with Crippen LogP contribution < -0.4 is 10.1 Å². The average molecular weight is 396 g/mol. The van der Waals surface area contributed by atoms with Crippen molar-refractivity contribution in [3.63, 3.8) is 0 Å². The summed E-state index contributed by atoms with van der Waals surface area (Å²) in [4.78, 5) is 38.6. The lowest BCUT2D eigenvalue weighted by Gasteiger charge is -2.30. The molecule has 0 aliphatic carbocycles. The highest BCUT2D eigenvalue weighted by atomic mass is 16.5. The number of hydrogen-bond acceptors (Lipinski definition) is 5. The molecule has 7 heteroatoms. The molecule has 2 aromatic rings. The van der Waals surface area contributed by atoms with E-state index in [1.807, 2.05) is 18.2 Å². The number of nitrogens with one attached hydrogen (secondary N) is 1. The number of esters is 1. The Morgan fingerprint density at radius 3 is 2.52 bits per heavy atom. The second kappa shape index (κ2) is 9.23. The van der Waals surface area contributed by atoms with Gasteiger partial charge >= 0.3 is 5.97 Å². The van der Waals surface area contributed by atoms with Crippen molar-refractivity contribution in [3.8, 4) is 5.75 Å². The molecule has 1 aliphatic rings. The van der Waals surface area contributed by atoms with E-state index in [4.69, 9.17) is 9.47 Å². The summed E-state index contributed by atoms with van der Waals surface area (Å²) in [5.74, 6) is -0.964. The minimum atomic E-state index is -0.920. The minimum absolute atomic E-state index is 0.246. The van der Waals surface area contributed by atoms with Crippen LogP contribution in [-0.2, 0) is 27.3 Å². The molecule has 29 heavy (non-hydrogen) atoms. The molecule has 0 saturated carbocycles. The lowest BCUT2D eigenvalue weighted by atomic mass is 9.99. The maximum absolute atomic E-state index is 12.6. The third kappa shape index (κ3) is 4.93. The number of carbonyl (C=O) groups is 3. The molecule has 0 spiro atoms. The number of rotatable bonds is 6. The fourth-order valence-corrected chi connectivity index (χ4v) is 3.31. The van der Waals surface area contributed by atoms with Crippen molar-refractivity contribution >= 4 is 17.8 Å². The van der Waals surface area contributed by atoms with E-state index in [9.17, 15) is 14.4 Å². The van der Waals surface area contributed by atoms with Gasteiger partial charge in [-0.15, -0.1) is 0 Å². The number of benzene rings is 2. The molecule has 0 radical (unpaired) electrons. The Morgan fingerprint density at radius 1 is 1.07 bits per heavy atom. The molecule has 152 valence electrons. The van der Waals surface area contributed by atoms with Gasteiger partial charge in [0, 0.05) is 13.1 Å². The third-order valence-corrected chi connectivity index (χ3v) is 4.84. The highest BCUT2D eigenvalue weighted by Gasteiger charge is 2.27. The van der Waals surface area contributed by atoms with E-state index in [1.165, 1.54) is 12.7 Å². The van der Waals surface area contributed by atoms with Crippen molar-refractivity contribution in [1.29, 1.82) is 0 Å². The molecule has 7 nitrogen and oxygen atoms in total. The van der Waals surface area contributed by atoms with Gasteiger partial charge in [-0.1, -0.05) is 36.4 Å². The Hall–Kier alpha value is -3.35. The van der Waals surface area contributed by atoms with Gasteiger partial charge in [0.2, 0.25) is 0 Å². The zero-order valence-electron chi connectivity index (χ0n) is 16.5. The summed E-state index contributed by atoms with van der Waals surface area (Å²) in [5, 5.41) is 2.49. The van der Waals surface area contributed by atoms with Crippen molar-refractivity contribution in [2.45, 2.75) is 26.0 Å². The van der Waals surface area contributed by atoms with E-state index in [0.29, 0.717) is 24.4 Å². The van der Waals surface area contributed by atoms with Crippen LogP contribution in [0.1, 0.15) is 28.4 Å². The van der Waals surface area contributed by atoms with E-state index < -0.39 is 18.0 Å². The zero-order valence-corrected chi connectivity index (χ0v) is 16.5. The van der Waals surface area contributed by atoms with E-state index in [0.717, 1.165) is 12.0 Å². The Kier molecular flexibility index (Phi) is 6.49. The Labute approximate surface area is 169 Å². The maximum Gasteiger partial charge on any atom is 0.326 e. The molecule has 0 unspecified atom stereocenters. The lowest BCUT2D eigenvalue weighted by molar-refractivity contribution is -0.158. The van der Waals surface area contributed by atoms with E-state index in [-0.39, 0.29) is 12.5 Å². The molecule has 0 bridgehead atoms. The summed E-state index contributed by atoms with van der Waals surface area (Å²) >= 11 is 0. The first kappa shape index (κ1) is 20.4. The molecule has 0 aromatic heterocycles. The average Bonchev–Trinajstić information content (AvgIpc) is 2.76. The summed E-state index contributed by atoms with van der Waals surface area (Å²) < 4.78 is 10.4.